The zero-order valence-corrected chi connectivity index (χ0v) is 16.0. The van der Waals surface area contributed by atoms with E-state index in [0.29, 0.717) is 12.5 Å². The first-order valence-electron chi connectivity index (χ1n) is 9.94. The van der Waals surface area contributed by atoms with Crippen molar-refractivity contribution in [3.8, 4) is 5.75 Å². The van der Waals surface area contributed by atoms with E-state index in [1.807, 2.05) is 40.9 Å². The summed E-state index contributed by atoms with van der Waals surface area (Å²) in [6, 6.07) is 13.9. The normalized spacial score (nSPS) is 16.2. The van der Waals surface area contributed by atoms with Crippen molar-refractivity contribution in [2.75, 3.05) is 31.6 Å². The molecule has 1 saturated heterocycles. The van der Waals surface area contributed by atoms with Crippen molar-refractivity contribution in [1.82, 2.24) is 19.5 Å². The minimum Gasteiger partial charge on any atom is -0.491 e. The molecule has 7 nitrogen and oxygen atoms in total. The van der Waals surface area contributed by atoms with Crippen LogP contribution >= 0.6 is 0 Å². The first-order valence-corrected chi connectivity index (χ1v) is 9.94. The number of likely N-dealkylation sites (tertiary alicyclic amines) is 1. The molecule has 148 valence electrons. The highest BCUT2D eigenvalue weighted by molar-refractivity contribution is 5.44. The molecule has 28 heavy (non-hydrogen) atoms. The van der Waals surface area contributed by atoms with Crippen molar-refractivity contribution < 1.29 is 9.84 Å². The van der Waals surface area contributed by atoms with Crippen molar-refractivity contribution >= 4 is 11.6 Å². The van der Waals surface area contributed by atoms with Crippen molar-refractivity contribution in [1.29, 1.82) is 0 Å². The van der Waals surface area contributed by atoms with E-state index in [1.165, 1.54) is 37.9 Å². The van der Waals surface area contributed by atoms with Crippen molar-refractivity contribution in [2.24, 2.45) is 0 Å². The Morgan fingerprint density at radius 2 is 1.96 bits per heavy atom. The van der Waals surface area contributed by atoms with Gasteiger partial charge in [0.05, 0.1) is 0 Å². The minimum absolute atomic E-state index is 0.219. The molecule has 3 aromatic rings. The lowest BCUT2D eigenvalue weighted by Crippen LogP contribution is -2.29. The van der Waals surface area contributed by atoms with E-state index in [2.05, 4.69) is 32.5 Å². The van der Waals surface area contributed by atoms with Crippen LogP contribution in [0.1, 0.15) is 24.8 Å². The highest BCUT2D eigenvalue weighted by Gasteiger charge is 2.12. The first-order chi connectivity index (χ1) is 13.8. The molecule has 1 fully saturated rings. The molecule has 1 atom stereocenters. The third-order valence-electron chi connectivity index (χ3n) is 5.01. The molecule has 2 aromatic heterocycles. The van der Waals surface area contributed by atoms with Crippen LogP contribution < -0.4 is 10.1 Å². The monoisotopic (exact) mass is 381 g/mol. The van der Waals surface area contributed by atoms with Gasteiger partial charge in [0.2, 0.25) is 5.95 Å². The maximum absolute atomic E-state index is 10.3. The molecule has 0 aliphatic carbocycles. The van der Waals surface area contributed by atoms with Gasteiger partial charge < -0.3 is 15.2 Å². The highest BCUT2D eigenvalue weighted by Crippen LogP contribution is 2.18. The molecular weight excluding hydrogens is 354 g/mol. The number of pyridine rings is 1. The second kappa shape index (κ2) is 9.03. The molecule has 1 aliphatic rings. The van der Waals surface area contributed by atoms with Crippen LogP contribution in [0.3, 0.4) is 0 Å². The standard InChI is InChI=1S/C21H27N5O2/c27-18(14-22-21-24-23-20-9-2-5-12-26(20)21)16-28-19-8-6-7-17(13-19)15-25-10-3-1-4-11-25/h2,5-9,12-13,18,27H,1,3-4,10-11,14-16H2,(H,22,24). The molecule has 1 aliphatic heterocycles. The molecule has 0 spiro atoms. The second-order valence-corrected chi connectivity index (χ2v) is 7.28. The van der Waals surface area contributed by atoms with Crippen LogP contribution in [0.5, 0.6) is 5.75 Å². The summed E-state index contributed by atoms with van der Waals surface area (Å²) in [7, 11) is 0. The van der Waals surface area contributed by atoms with Crippen LogP contribution in [-0.2, 0) is 6.54 Å². The predicted molar refractivity (Wildman–Crippen MR) is 109 cm³/mol. The van der Waals surface area contributed by atoms with E-state index in [4.69, 9.17) is 4.74 Å². The van der Waals surface area contributed by atoms with Crippen LogP contribution in [0.25, 0.3) is 5.65 Å². The Morgan fingerprint density at radius 1 is 1.07 bits per heavy atom. The van der Waals surface area contributed by atoms with E-state index in [1.54, 1.807) is 0 Å². The minimum atomic E-state index is -0.651. The summed E-state index contributed by atoms with van der Waals surface area (Å²) in [5.41, 5.74) is 2.02. The van der Waals surface area contributed by atoms with Crippen LogP contribution in [0.2, 0.25) is 0 Å². The first kappa shape index (κ1) is 18.7. The quantitative estimate of drug-likeness (QED) is 0.625. The fraction of sp³-hybridized carbons (Fsp3) is 0.429. The lowest BCUT2D eigenvalue weighted by Gasteiger charge is -2.26. The molecule has 0 saturated carbocycles. The van der Waals surface area contributed by atoms with Gasteiger partial charge in [-0.25, -0.2) is 0 Å². The Balaban J connectivity index is 1.26. The number of hydrogen-bond donors (Lipinski definition) is 2. The van der Waals surface area contributed by atoms with E-state index >= 15 is 0 Å². The number of aliphatic hydroxyl groups excluding tert-OH is 1. The number of nitrogens with zero attached hydrogens (tertiary/aromatic N) is 4. The predicted octanol–water partition coefficient (Wildman–Crippen LogP) is 2.57. The number of piperidine rings is 1. The average Bonchev–Trinajstić information content (AvgIpc) is 3.15. The van der Waals surface area contributed by atoms with Gasteiger partial charge in [-0.15, -0.1) is 10.2 Å². The molecule has 2 N–H and O–H groups in total. The summed E-state index contributed by atoms with van der Waals surface area (Å²) in [5.74, 6) is 1.40. The smallest absolute Gasteiger partial charge is 0.229 e. The van der Waals surface area contributed by atoms with E-state index in [-0.39, 0.29) is 6.61 Å². The SMILES string of the molecule is OC(CNc1nnc2ccccn12)COc1cccc(CN2CCCCC2)c1. The number of fused-ring (bicyclic) bond motifs is 1. The van der Waals surface area contributed by atoms with Gasteiger partial charge in [-0.1, -0.05) is 24.6 Å². The topological polar surface area (TPSA) is 74.9 Å². The summed E-state index contributed by atoms with van der Waals surface area (Å²) >= 11 is 0. The highest BCUT2D eigenvalue weighted by atomic mass is 16.5. The maximum atomic E-state index is 10.3. The van der Waals surface area contributed by atoms with E-state index in [0.717, 1.165) is 17.9 Å². The Labute approximate surface area is 165 Å². The zero-order valence-electron chi connectivity index (χ0n) is 16.0. The number of aliphatic hydroxyl groups is 1. The van der Waals surface area contributed by atoms with E-state index < -0.39 is 6.10 Å². The van der Waals surface area contributed by atoms with E-state index in [9.17, 15) is 5.11 Å². The summed E-state index contributed by atoms with van der Waals surface area (Å²) in [6.45, 7) is 3.86. The van der Waals surface area contributed by atoms with Crippen LogP contribution in [0.15, 0.2) is 48.7 Å². The van der Waals surface area contributed by atoms with Gasteiger partial charge in [-0.05, 0) is 55.8 Å². The third kappa shape index (κ3) is 4.79. The zero-order chi connectivity index (χ0) is 19.2. The fourth-order valence-electron chi connectivity index (χ4n) is 3.53. The lowest BCUT2D eigenvalue weighted by atomic mass is 10.1. The van der Waals surface area contributed by atoms with Crippen molar-refractivity contribution in [3.63, 3.8) is 0 Å². The van der Waals surface area contributed by atoms with Gasteiger partial charge in [0.1, 0.15) is 18.5 Å². The fourth-order valence-corrected chi connectivity index (χ4v) is 3.53. The summed E-state index contributed by atoms with van der Waals surface area (Å²) in [5, 5.41) is 21.6. The summed E-state index contributed by atoms with van der Waals surface area (Å²) in [6.07, 6.45) is 5.15. The van der Waals surface area contributed by atoms with Gasteiger partial charge in [-0.2, -0.15) is 0 Å². The van der Waals surface area contributed by atoms with Crippen molar-refractivity contribution in [3.05, 3.63) is 54.2 Å². The third-order valence-corrected chi connectivity index (χ3v) is 5.01. The molecule has 4 rings (SSSR count). The molecular formula is C21H27N5O2. The van der Waals surface area contributed by atoms with Crippen LogP contribution in [-0.4, -0.2) is 56.9 Å². The molecule has 0 amide bonds. The van der Waals surface area contributed by atoms with Gasteiger partial charge in [-0.3, -0.25) is 9.30 Å². The van der Waals surface area contributed by atoms with Crippen LogP contribution in [0, 0.1) is 0 Å². The largest absolute Gasteiger partial charge is 0.491 e. The Bertz CT molecular complexity index is 891. The van der Waals surface area contributed by atoms with Crippen molar-refractivity contribution in [2.45, 2.75) is 31.9 Å². The number of nitrogens with one attached hydrogen (secondary N) is 1. The lowest BCUT2D eigenvalue weighted by molar-refractivity contribution is 0.117. The molecule has 0 bridgehead atoms. The molecule has 3 heterocycles. The second-order valence-electron chi connectivity index (χ2n) is 7.28. The van der Waals surface area contributed by atoms with Crippen LogP contribution in [0.4, 0.5) is 5.95 Å². The molecule has 1 aromatic carbocycles. The Morgan fingerprint density at radius 3 is 2.86 bits per heavy atom. The Hall–Kier alpha value is -2.64. The van der Waals surface area contributed by atoms with Gasteiger partial charge in [0.25, 0.3) is 0 Å². The van der Waals surface area contributed by atoms with Gasteiger partial charge >= 0.3 is 0 Å². The average molecular weight is 381 g/mol. The Kier molecular flexibility index (Phi) is 6.04. The number of aromatic nitrogens is 3. The number of anilines is 1. The number of hydrogen-bond acceptors (Lipinski definition) is 6. The van der Waals surface area contributed by atoms with Gasteiger partial charge in [0, 0.05) is 19.3 Å². The molecule has 7 heteroatoms. The number of ether oxygens (including phenoxy) is 1. The number of benzene rings is 1. The maximum Gasteiger partial charge on any atom is 0.229 e. The molecule has 0 radical (unpaired) electrons. The number of rotatable bonds is 8. The van der Waals surface area contributed by atoms with Gasteiger partial charge in [0.15, 0.2) is 5.65 Å². The molecule has 1 unspecified atom stereocenters. The summed E-state index contributed by atoms with van der Waals surface area (Å²) < 4.78 is 7.65. The summed E-state index contributed by atoms with van der Waals surface area (Å²) in [4.78, 5) is 2.49.